The molecular formula is C25H34FN3O2S. The van der Waals surface area contributed by atoms with E-state index >= 15 is 0 Å². The molecule has 0 amide bonds. The van der Waals surface area contributed by atoms with Crippen LogP contribution in [0, 0.1) is 5.82 Å². The Morgan fingerprint density at radius 2 is 1.84 bits per heavy atom. The Morgan fingerprint density at radius 3 is 2.47 bits per heavy atom. The highest BCUT2D eigenvalue weighted by molar-refractivity contribution is 7.80. The molecule has 174 valence electrons. The van der Waals surface area contributed by atoms with Crippen molar-refractivity contribution in [1.82, 2.24) is 15.5 Å². The molecule has 0 spiro atoms. The molecule has 2 atom stereocenters. The number of ether oxygens (including phenoxy) is 2. The zero-order chi connectivity index (χ0) is 23.3. The Balaban J connectivity index is 2.02. The van der Waals surface area contributed by atoms with E-state index in [9.17, 15) is 4.39 Å². The van der Waals surface area contributed by atoms with E-state index in [-0.39, 0.29) is 23.9 Å². The molecular weight excluding hydrogens is 425 g/mol. The van der Waals surface area contributed by atoms with Gasteiger partial charge in [-0.3, -0.25) is 4.90 Å². The SMILES string of the molecule is CC[C@H](NC(=S)NC(C)C)[C@@H]1c2cc(OC)c(OC)cc2CCN1Cc1ccccc1F. The normalized spacial score (nSPS) is 16.9. The molecule has 0 saturated heterocycles. The summed E-state index contributed by atoms with van der Waals surface area (Å²) in [4.78, 5) is 2.34. The number of thiocarbonyl (C=S) groups is 1. The van der Waals surface area contributed by atoms with Crippen LogP contribution in [0.4, 0.5) is 4.39 Å². The average molecular weight is 460 g/mol. The Kier molecular flexibility index (Phi) is 8.32. The highest BCUT2D eigenvalue weighted by atomic mass is 32.1. The first-order valence-corrected chi connectivity index (χ1v) is 11.6. The molecule has 3 rings (SSSR count). The van der Waals surface area contributed by atoms with E-state index in [1.165, 1.54) is 11.6 Å². The number of halogens is 1. The topological polar surface area (TPSA) is 45.8 Å². The second-order valence-corrected chi connectivity index (χ2v) is 8.86. The van der Waals surface area contributed by atoms with E-state index in [2.05, 4.69) is 48.4 Å². The van der Waals surface area contributed by atoms with Crippen molar-refractivity contribution in [3.8, 4) is 11.5 Å². The largest absolute Gasteiger partial charge is 0.493 e. The van der Waals surface area contributed by atoms with Crippen molar-refractivity contribution in [2.75, 3.05) is 20.8 Å². The highest BCUT2D eigenvalue weighted by Gasteiger charge is 2.35. The van der Waals surface area contributed by atoms with Crippen LogP contribution < -0.4 is 20.1 Å². The second kappa shape index (κ2) is 11.0. The van der Waals surface area contributed by atoms with E-state index in [4.69, 9.17) is 21.7 Å². The molecule has 1 aliphatic heterocycles. The van der Waals surface area contributed by atoms with Crippen LogP contribution in [0.3, 0.4) is 0 Å². The summed E-state index contributed by atoms with van der Waals surface area (Å²) in [6.07, 6.45) is 1.71. The number of fused-ring (bicyclic) bond motifs is 1. The molecule has 2 aromatic rings. The van der Waals surface area contributed by atoms with Crippen molar-refractivity contribution < 1.29 is 13.9 Å². The first-order chi connectivity index (χ1) is 15.4. The number of nitrogens with zero attached hydrogens (tertiary/aromatic N) is 1. The van der Waals surface area contributed by atoms with Gasteiger partial charge in [0.25, 0.3) is 0 Å². The van der Waals surface area contributed by atoms with E-state index in [0.717, 1.165) is 30.7 Å². The third-order valence-electron chi connectivity index (χ3n) is 5.91. The lowest BCUT2D eigenvalue weighted by molar-refractivity contribution is 0.140. The van der Waals surface area contributed by atoms with Crippen LogP contribution in [0.5, 0.6) is 11.5 Å². The third-order valence-corrected chi connectivity index (χ3v) is 6.15. The molecule has 0 unspecified atom stereocenters. The molecule has 2 aromatic carbocycles. The molecule has 1 aliphatic rings. The highest BCUT2D eigenvalue weighted by Crippen LogP contribution is 2.40. The number of hydrogen-bond acceptors (Lipinski definition) is 4. The van der Waals surface area contributed by atoms with E-state index in [1.807, 2.05) is 12.1 Å². The predicted octanol–water partition coefficient (Wildman–Crippen LogP) is 4.59. The maximum Gasteiger partial charge on any atom is 0.166 e. The molecule has 2 N–H and O–H groups in total. The summed E-state index contributed by atoms with van der Waals surface area (Å²) < 4.78 is 25.7. The van der Waals surface area contributed by atoms with Crippen LogP contribution in [0.25, 0.3) is 0 Å². The van der Waals surface area contributed by atoms with Crippen LogP contribution in [0.1, 0.15) is 49.9 Å². The smallest absolute Gasteiger partial charge is 0.166 e. The Morgan fingerprint density at radius 1 is 1.16 bits per heavy atom. The number of hydrogen-bond donors (Lipinski definition) is 2. The molecule has 0 radical (unpaired) electrons. The van der Waals surface area contributed by atoms with Gasteiger partial charge in [0.2, 0.25) is 0 Å². The number of benzene rings is 2. The Labute approximate surface area is 196 Å². The second-order valence-electron chi connectivity index (χ2n) is 8.45. The van der Waals surface area contributed by atoms with Crippen molar-refractivity contribution in [2.45, 2.75) is 58.3 Å². The molecule has 32 heavy (non-hydrogen) atoms. The summed E-state index contributed by atoms with van der Waals surface area (Å²) in [6, 6.07) is 11.4. The lowest BCUT2D eigenvalue weighted by Gasteiger charge is -2.42. The lowest BCUT2D eigenvalue weighted by Crippen LogP contribution is -2.51. The molecule has 0 aromatic heterocycles. The number of rotatable bonds is 8. The van der Waals surface area contributed by atoms with Gasteiger partial charge in [0.1, 0.15) is 5.82 Å². The Bertz CT molecular complexity index is 937. The van der Waals surface area contributed by atoms with Gasteiger partial charge >= 0.3 is 0 Å². The minimum absolute atomic E-state index is 0.00456. The van der Waals surface area contributed by atoms with Gasteiger partial charge < -0.3 is 20.1 Å². The fourth-order valence-corrected chi connectivity index (χ4v) is 4.79. The van der Waals surface area contributed by atoms with Gasteiger partial charge in [-0.25, -0.2) is 4.39 Å². The fourth-order valence-electron chi connectivity index (χ4n) is 4.40. The molecule has 0 saturated carbocycles. The first kappa shape index (κ1) is 24.3. The van der Waals surface area contributed by atoms with Gasteiger partial charge in [-0.15, -0.1) is 0 Å². The molecule has 7 heteroatoms. The lowest BCUT2D eigenvalue weighted by atomic mass is 9.86. The molecule has 5 nitrogen and oxygen atoms in total. The zero-order valence-electron chi connectivity index (χ0n) is 19.6. The van der Waals surface area contributed by atoms with Crippen LogP contribution >= 0.6 is 12.2 Å². The van der Waals surface area contributed by atoms with Crippen LogP contribution in [0.2, 0.25) is 0 Å². The fraction of sp³-hybridized carbons (Fsp3) is 0.480. The monoisotopic (exact) mass is 459 g/mol. The molecule has 0 aliphatic carbocycles. The van der Waals surface area contributed by atoms with E-state index < -0.39 is 0 Å². The summed E-state index contributed by atoms with van der Waals surface area (Å²) in [6.45, 7) is 7.60. The van der Waals surface area contributed by atoms with Crippen molar-refractivity contribution in [3.05, 3.63) is 58.9 Å². The molecule has 0 fully saturated rings. The summed E-state index contributed by atoms with van der Waals surface area (Å²) >= 11 is 5.57. The predicted molar refractivity (Wildman–Crippen MR) is 131 cm³/mol. The zero-order valence-corrected chi connectivity index (χ0v) is 20.4. The summed E-state index contributed by atoms with van der Waals surface area (Å²) in [5.74, 6) is 1.25. The Hall–Kier alpha value is -2.38. The third kappa shape index (κ3) is 5.51. The molecule has 0 bridgehead atoms. The van der Waals surface area contributed by atoms with Gasteiger partial charge in [-0.1, -0.05) is 25.1 Å². The maximum atomic E-state index is 14.5. The van der Waals surface area contributed by atoms with Crippen molar-refractivity contribution in [3.63, 3.8) is 0 Å². The maximum absolute atomic E-state index is 14.5. The van der Waals surface area contributed by atoms with Crippen LogP contribution in [-0.4, -0.2) is 42.9 Å². The van der Waals surface area contributed by atoms with E-state index in [1.54, 1.807) is 20.3 Å². The van der Waals surface area contributed by atoms with Crippen LogP contribution in [-0.2, 0) is 13.0 Å². The van der Waals surface area contributed by atoms with Crippen LogP contribution in [0.15, 0.2) is 36.4 Å². The molecule has 1 heterocycles. The summed E-state index contributed by atoms with van der Waals surface area (Å²) in [5, 5.41) is 7.43. The van der Waals surface area contributed by atoms with Gasteiger partial charge in [-0.2, -0.15) is 0 Å². The quantitative estimate of drug-likeness (QED) is 0.563. The number of nitrogens with one attached hydrogen (secondary N) is 2. The summed E-state index contributed by atoms with van der Waals surface area (Å²) in [5.41, 5.74) is 3.08. The standard InChI is InChI=1S/C25H34FN3O2S/c1-6-21(28-25(32)27-16(2)3)24-19-14-23(31-5)22(30-4)13-17(19)11-12-29(24)15-18-9-7-8-10-20(18)26/h7-10,13-14,16,21,24H,6,11-12,15H2,1-5H3,(H2,27,28,32)/t21-,24-/m0/s1. The minimum Gasteiger partial charge on any atom is -0.493 e. The van der Waals surface area contributed by atoms with E-state index in [0.29, 0.717) is 23.0 Å². The van der Waals surface area contributed by atoms with Crippen molar-refractivity contribution in [2.24, 2.45) is 0 Å². The first-order valence-electron chi connectivity index (χ1n) is 11.2. The van der Waals surface area contributed by atoms with Gasteiger partial charge in [0, 0.05) is 30.7 Å². The van der Waals surface area contributed by atoms with Gasteiger partial charge in [0.15, 0.2) is 16.6 Å². The summed E-state index contributed by atoms with van der Waals surface area (Å²) in [7, 11) is 3.30. The van der Waals surface area contributed by atoms with Crippen molar-refractivity contribution >= 4 is 17.3 Å². The minimum atomic E-state index is -0.178. The van der Waals surface area contributed by atoms with Gasteiger partial charge in [0.05, 0.1) is 20.3 Å². The van der Waals surface area contributed by atoms with Gasteiger partial charge in [-0.05, 0) is 68.2 Å². The van der Waals surface area contributed by atoms with Crippen molar-refractivity contribution in [1.29, 1.82) is 0 Å². The number of methoxy groups -OCH3 is 2. The average Bonchev–Trinajstić information content (AvgIpc) is 2.77.